The Labute approximate surface area is 168 Å². The Kier molecular flexibility index (Phi) is 5.23. The van der Waals surface area contributed by atoms with E-state index in [9.17, 15) is 30.4 Å². The molecule has 0 aromatic heterocycles. The fraction of sp³-hybridized carbons (Fsp3) is 0.368. The molecule has 0 bridgehead atoms. The van der Waals surface area contributed by atoms with Crippen molar-refractivity contribution in [3.63, 3.8) is 0 Å². The smallest absolute Gasteiger partial charge is 0.416 e. The summed E-state index contributed by atoms with van der Waals surface area (Å²) in [6.45, 7) is 0.00196. The second-order valence-electron chi connectivity index (χ2n) is 6.84. The Morgan fingerprint density at radius 3 is 2.10 bits per heavy atom. The first-order valence-corrected chi connectivity index (χ1v) is 10.4. The number of hydrogen-bond acceptors (Lipinski definition) is 5. The molecule has 0 saturated carbocycles. The van der Waals surface area contributed by atoms with Gasteiger partial charge in [0.15, 0.2) is 27.7 Å². The first-order chi connectivity index (χ1) is 14.1. The molecule has 1 saturated heterocycles. The molecule has 0 N–H and O–H groups in total. The summed E-state index contributed by atoms with van der Waals surface area (Å²) in [6, 6.07) is 4.39. The second-order valence-corrected chi connectivity index (χ2v) is 8.91. The van der Waals surface area contributed by atoms with Crippen LogP contribution in [-0.2, 0) is 25.5 Å². The van der Waals surface area contributed by atoms with E-state index < -0.39 is 66.9 Å². The minimum absolute atomic E-state index is 0.173. The zero-order valence-corrected chi connectivity index (χ0v) is 16.0. The van der Waals surface area contributed by atoms with Crippen LogP contribution in [0.3, 0.4) is 0 Å². The molecular weight excluding hydrogens is 435 g/mol. The largest absolute Gasteiger partial charge is 0.490 e. The van der Waals surface area contributed by atoms with Gasteiger partial charge in [-0.2, -0.15) is 13.2 Å². The predicted molar refractivity (Wildman–Crippen MR) is 92.4 cm³/mol. The molecule has 162 valence electrons. The summed E-state index contributed by atoms with van der Waals surface area (Å²) in [6.07, 6.45) is -5.72. The number of benzene rings is 2. The zero-order chi connectivity index (χ0) is 21.7. The molecule has 0 amide bonds. The molecule has 0 unspecified atom stereocenters. The number of fused-ring (bicyclic) bond motifs is 1. The average Bonchev–Trinajstić information content (AvgIpc) is 3.24. The predicted octanol–water partition coefficient (Wildman–Crippen LogP) is 3.88. The molecule has 5 nitrogen and oxygen atoms in total. The molecule has 11 heteroatoms. The van der Waals surface area contributed by atoms with Gasteiger partial charge in [0.25, 0.3) is 0 Å². The van der Waals surface area contributed by atoms with Crippen molar-refractivity contribution in [1.29, 1.82) is 0 Å². The molecule has 2 aliphatic heterocycles. The lowest BCUT2D eigenvalue weighted by atomic mass is 9.94. The van der Waals surface area contributed by atoms with Crippen LogP contribution < -0.4 is 4.74 Å². The van der Waals surface area contributed by atoms with E-state index in [-0.39, 0.29) is 19.8 Å². The van der Waals surface area contributed by atoms with Crippen LogP contribution in [0, 0.1) is 17.6 Å². The van der Waals surface area contributed by atoms with E-state index in [4.69, 9.17) is 14.2 Å². The molecule has 30 heavy (non-hydrogen) atoms. The summed E-state index contributed by atoms with van der Waals surface area (Å²) in [5, 5.41) is -1.68. The third-order valence-corrected chi connectivity index (χ3v) is 7.21. The van der Waals surface area contributed by atoms with Crippen molar-refractivity contribution in [3.8, 4) is 5.75 Å². The monoisotopic (exact) mass is 450 g/mol. The standard InChI is InChI=1S/C19H15F5O5S/c20-13-5-6-14(21)16-15(13)17(12(9-29-16)18-27-7-8-28-18)30(25,26)11-3-1-10(2-4-11)19(22,23)24/h1-6,12,17-18H,7-9H2/t12-,17+/m1/s1. The third kappa shape index (κ3) is 3.54. The summed E-state index contributed by atoms with van der Waals surface area (Å²) in [7, 11) is -4.48. The van der Waals surface area contributed by atoms with Crippen LogP contribution >= 0.6 is 0 Å². The minimum Gasteiger partial charge on any atom is -0.490 e. The first kappa shape index (κ1) is 21.0. The van der Waals surface area contributed by atoms with Gasteiger partial charge in [-0.3, -0.25) is 0 Å². The molecule has 1 fully saturated rings. The van der Waals surface area contributed by atoms with Crippen molar-refractivity contribution in [3.05, 3.63) is 59.2 Å². The quantitative estimate of drug-likeness (QED) is 0.665. The van der Waals surface area contributed by atoms with Crippen molar-refractivity contribution in [2.24, 2.45) is 5.92 Å². The Balaban J connectivity index is 1.85. The summed E-state index contributed by atoms with van der Waals surface area (Å²) in [5.74, 6) is -3.59. The van der Waals surface area contributed by atoms with E-state index in [0.717, 1.165) is 24.3 Å². The van der Waals surface area contributed by atoms with Crippen molar-refractivity contribution in [1.82, 2.24) is 0 Å². The van der Waals surface area contributed by atoms with Crippen molar-refractivity contribution in [2.75, 3.05) is 19.8 Å². The lowest BCUT2D eigenvalue weighted by Gasteiger charge is -2.35. The molecule has 2 aromatic rings. The van der Waals surface area contributed by atoms with Crippen LogP contribution in [0.4, 0.5) is 22.0 Å². The SMILES string of the molecule is O=S(=O)(c1ccc(C(F)(F)F)cc1)[C@@H]1c2c(F)ccc(F)c2OC[C@H]1C1OCCO1. The Morgan fingerprint density at radius 1 is 0.900 bits per heavy atom. The molecule has 2 atom stereocenters. The van der Waals surface area contributed by atoms with Gasteiger partial charge in [0, 0.05) is 0 Å². The van der Waals surface area contributed by atoms with E-state index in [1.165, 1.54) is 0 Å². The van der Waals surface area contributed by atoms with Crippen LogP contribution in [0.15, 0.2) is 41.3 Å². The van der Waals surface area contributed by atoms with Crippen molar-refractivity contribution in [2.45, 2.75) is 22.6 Å². The van der Waals surface area contributed by atoms with Gasteiger partial charge in [0.05, 0.1) is 41.8 Å². The summed E-state index contributed by atoms with van der Waals surface area (Å²) in [5.41, 5.74) is -1.57. The second kappa shape index (κ2) is 7.47. The lowest BCUT2D eigenvalue weighted by Crippen LogP contribution is -2.40. The molecule has 4 rings (SSSR count). The molecular formula is C19H15F5O5S. The van der Waals surface area contributed by atoms with Crippen molar-refractivity contribution >= 4 is 9.84 Å². The molecule has 2 aliphatic rings. The molecule has 2 aromatic carbocycles. The summed E-state index contributed by atoms with van der Waals surface area (Å²) >= 11 is 0. The number of halogens is 5. The van der Waals surface area contributed by atoms with E-state index >= 15 is 0 Å². The van der Waals surface area contributed by atoms with Gasteiger partial charge >= 0.3 is 6.18 Å². The lowest BCUT2D eigenvalue weighted by molar-refractivity contribution is -0.137. The highest BCUT2D eigenvalue weighted by Gasteiger charge is 2.49. The average molecular weight is 450 g/mol. The highest BCUT2D eigenvalue weighted by Crippen LogP contribution is 2.48. The van der Waals surface area contributed by atoms with Crippen LogP contribution in [0.2, 0.25) is 0 Å². The van der Waals surface area contributed by atoms with E-state index in [2.05, 4.69) is 0 Å². The molecule has 2 heterocycles. The van der Waals surface area contributed by atoms with Crippen LogP contribution in [-0.4, -0.2) is 34.5 Å². The summed E-state index contributed by atoms with van der Waals surface area (Å²) < 4.78 is 110. The van der Waals surface area contributed by atoms with Gasteiger partial charge in [-0.25, -0.2) is 17.2 Å². The molecule has 0 aliphatic carbocycles. The maximum absolute atomic E-state index is 14.7. The van der Waals surface area contributed by atoms with E-state index in [1.54, 1.807) is 0 Å². The number of alkyl halides is 3. The van der Waals surface area contributed by atoms with Gasteiger partial charge in [-0.1, -0.05) is 0 Å². The fourth-order valence-corrected chi connectivity index (χ4v) is 5.66. The van der Waals surface area contributed by atoms with Crippen LogP contribution in [0.1, 0.15) is 16.4 Å². The van der Waals surface area contributed by atoms with Crippen LogP contribution in [0.25, 0.3) is 0 Å². The van der Waals surface area contributed by atoms with Gasteiger partial charge in [-0.05, 0) is 36.4 Å². The highest BCUT2D eigenvalue weighted by atomic mass is 32.2. The Bertz CT molecular complexity index is 1050. The normalized spacial score (nSPS) is 22.6. The number of ether oxygens (including phenoxy) is 3. The maximum atomic E-state index is 14.7. The fourth-order valence-electron chi connectivity index (χ4n) is 3.65. The molecule has 0 radical (unpaired) electrons. The van der Waals surface area contributed by atoms with E-state index in [0.29, 0.717) is 12.1 Å². The van der Waals surface area contributed by atoms with Gasteiger partial charge < -0.3 is 14.2 Å². The minimum atomic E-state index is -4.66. The van der Waals surface area contributed by atoms with Crippen molar-refractivity contribution < 1.29 is 44.6 Å². The molecule has 0 spiro atoms. The summed E-state index contributed by atoms with van der Waals surface area (Å²) in [4.78, 5) is -0.472. The zero-order valence-electron chi connectivity index (χ0n) is 15.2. The highest BCUT2D eigenvalue weighted by molar-refractivity contribution is 7.91. The Morgan fingerprint density at radius 2 is 1.50 bits per heavy atom. The topological polar surface area (TPSA) is 61.8 Å². The van der Waals surface area contributed by atoms with Gasteiger partial charge in [-0.15, -0.1) is 0 Å². The van der Waals surface area contributed by atoms with Crippen LogP contribution in [0.5, 0.6) is 5.75 Å². The number of sulfone groups is 1. The van der Waals surface area contributed by atoms with Gasteiger partial charge in [0.2, 0.25) is 0 Å². The maximum Gasteiger partial charge on any atom is 0.416 e. The first-order valence-electron chi connectivity index (χ1n) is 8.86. The van der Waals surface area contributed by atoms with E-state index in [1.807, 2.05) is 0 Å². The third-order valence-electron chi connectivity index (χ3n) is 5.03. The van der Waals surface area contributed by atoms with Gasteiger partial charge in [0.1, 0.15) is 11.1 Å². The number of hydrogen-bond donors (Lipinski definition) is 0. The number of rotatable bonds is 3. The Hall–Kier alpha value is -2.24.